The van der Waals surface area contributed by atoms with Crippen LogP contribution in [0.25, 0.3) is 33.6 Å². The Morgan fingerprint density at radius 2 is 1.39 bits per heavy atom. The summed E-state index contributed by atoms with van der Waals surface area (Å²) in [5, 5.41) is 0. The van der Waals surface area contributed by atoms with Crippen molar-refractivity contribution in [3.8, 4) is 17.0 Å². The molecule has 1 saturated heterocycles. The van der Waals surface area contributed by atoms with E-state index in [1.54, 1.807) is 31.9 Å². The van der Waals surface area contributed by atoms with Crippen molar-refractivity contribution in [1.29, 1.82) is 0 Å². The lowest BCUT2D eigenvalue weighted by Crippen LogP contribution is -2.20. The third-order valence-electron chi connectivity index (χ3n) is 7.51. The average molecular weight is 661 g/mol. The van der Waals surface area contributed by atoms with Gasteiger partial charge in [0.05, 0.1) is 42.0 Å². The third-order valence-corrected chi connectivity index (χ3v) is 7.89. The molecular weight excluding hydrogens is 622 g/mol. The van der Waals surface area contributed by atoms with Gasteiger partial charge in [0.15, 0.2) is 22.9 Å². The molecule has 1 aromatic carbocycles. The fourth-order valence-electron chi connectivity index (χ4n) is 5.11. The maximum atomic E-state index is 12.8. The number of nitrogens with zero attached hydrogens (tertiary/aromatic N) is 5. The van der Waals surface area contributed by atoms with Crippen LogP contribution >= 0.6 is 15.9 Å². The minimum absolute atomic E-state index is 0.0534. The van der Waals surface area contributed by atoms with Gasteiger partial charge in [0, 0.05) is 41.9 Å². The van der Waals surface area contributed by atoms with Crippen molar-refractivity contribution in [1.82, 2.24) is 29.9 Å². The number of carbonyl (C=O) groups is 2. The number of ether oxygens (including phenoxy) is 1. The lowest BCUT2D eigenvalue weighted by Gasteiger charge is -2.21. The van der Waals surface area contributed by atoms with E-state index in [1.807, 2.05) is 53.7 Å². The SMILES string of the molecule is CC(C)(C)C(=O)c1c[nH]c2ncc(Br)nc12.COc1ccc(-c2cnc3[nH]cc(C(=O)C(C)(C)C)c3n2)cc1N1CCCC1. The Bertz CT molecular complexity index is 1840. The van der Waals surface area contributed by atoms with Crippen molar-refractivity contribution >= 4 is 55.5 Å². The van der Waals surface area contributed by atoms with Crippen LogP contribution in [0.4, 0.5) is 5.69 Å². The van der Waals surface area contributed by atoms with E-state index in [9.17, 15) is 9.59 Å². The first-order chi connectivity index (χ1) is 20.8. The predicted molar refractivity (Wildman–Crippen MR) is 176 cm³/mol. The van der Waals surface area contributed by atoms with E-state index in [4.69, 9.17) is 9.72 Å². The van der Waals surface area contributed by atoms with Crippen molar-refractivity contribution in [3.05, 3.63) is 58.7 Å². The number of methoxy groups -OCH3 is 1. The molecule has 5 heterocycles. The molecule has 10 nitrogen and oxygen atoms in total. The summed E-state index contributed by atoms with van der Waals surface area (Å²) >= 11 is 3.25. The van der Waals surface area contributed by atoms with E-state index < -0.39 is 10.8 Å². The molecule has 6 rings (SSSR count). The Labute approximate surface area is 265 Å². The first kappa shape index (κ1) is 31.3. The zero-order valence-corrected chi connectivity index (χ0v) is 27.8. The van der Waals surface area contributed by atoms with Gasteiger partial charge in [0.1, 0.15) is 21.4 Å². The first-order valence-electron chi connectivity index (χ1n) is 14.6. The maximum absolute atomic E-state index is 12.8. The summed E-state index contributed by atoms with van der Waals surface area (Å²) in [5.74, 6) is 0.980. The van der Waals surface area contributed by atoms with Crippen molar-refractivity contribution < 1.29 is 14.3 Å². The zero-order valence-electron chi connectivity index (χ0n) is 26.2. The van der Waals surface area contributed by atoms with Gasteiger partial charge in [-0.05, 0) is 47.0 Å². The molecule has 4 aromatic heterocycles. The number of rotatable bonds is 5. The van der Waals surface area contributed by atoms with Crippen LogP contribution in [0.5, 0.6) is 5.75 Å². The van der Waals surface area contributed by atoms with Gasteiger partial charge in [-0.1, -0.05) is 41.5 Å². The molecule has 2 N–H and O–H groups in total. The van der Waals surface area contributed by atoms with Crippen LogP contribution in [-0.4, -0.2) is 61.7 Å². The highest BCUT2D eigenvalue weighted by molar-refractivity contribution is 9.10. The van der Waals surface area contributed by atoms with Gasteiger partial charge >= 0.3 is 0 Å². The predicted octanol–water partition coefficient (Wildman–Crippen LogP) is 7.41. The number of nitrogens with one attached hydrogen (secondary N) is 2. The quantitative estimate of drug-likeness (QED) is 0.187. The number of aromatic amines is 2. The third kappa shape index (κ3) is 6.38. The molecule has 0 aliphatic carbocycles. The summed E-state index contributed by atoms with van der Waals surface area (Å²) in [6.45, 7) is 13.5. The lowest BCUT2D eigenvalue weighted by molar-refractivity contribution is 0.0854. The minimum atomic E-state index is -0.476. The topological polar surface area (TPSA) is 130 Å². The molecule has 44 heavy (non-hydrogen) atoms. The summed E-state index contributed by atoms with van der Waals surface area (Å²) in [6.07, 6.45) is 9.13. The number of hydrogen-bond acceptors (Lipinski definition) is 8. The summed E-state index contributed by atoms with van der Waals surface area (Å²) in [7, 11) is 1.70. The van der Waals surface area contributed by atoms with Gasteiger partial charge < -0.3 is 19.6 Å². The molecule has 0 saturated carbocycles. The molecule has 11 heteroatoms. The fourth-order valence-corrected chi connectivity index (χ4v) is 5.39. The van der Waals surface area contributed by atoms with Crippen LogP contribution in [0.3, 0.4) is 0 Å². The number of halogens is 1. The minimum Gasteiger partial charge on any atom is -0.495 e. The normalized spacial score (nSPS) is 13.7. The largest absolute Gasteiger partial charge is 0.495 e. The highest BCUT2D eigenvalue weighted by Crippen LogP contribution is 2.35. The fraction of sp³-hybridized carbons (Fsp3) is 0.394. The van der Waals surface area contributed by atoms with Gasteiger partial charge in [-0.25, -0.2) is 19.9 Å². The van der Waals surface area contributed by atoms with Crippen LogP contribution < -0.4 is 9.64 Å². The van der Waals surface area contributed by atoms with E-state index >= 15 is 0 Å². The summed E-state index contributed by atoms with van der Waals surface area (Å²) in [4.78, 5) is 51.0. The highest BCUT2D eigenvalue weighted by Gasteiger charge is 2.27. The molecule has 1 aliphatic heterocycles. The van der Waals surface area contributed by atoms with Crippen molar-refractivity contribution in [2.45, 2.75) is 54.4 Å². The number of Topliss-reactive ketones (excluding diaryl/α,β-unsaturated/α-hetero) is 2. The second kappa shape index (κ2) is 12.1. The van der Waals surface area contributed by atoms with Crippen LogP contribution in [0.2, 0.25) is 0 Å². The maximum Gasteiger partial charge on any atom is 0.171 e. The standard InChI is InChI=1S/C22H26N4O2.C11H12BrN3O/c1-22(2,3)20(27)15-12-23-21-19(15)25-16(13-24-21)14-7-8-18(28-4)17(11-14)26-9-5-6-10-26;1-11(2,3)9(16)6-4-13-10-8(6)15-7(12)5-14-10/h7-8,11-13H,5-6,9-10H2,1-4H3,(H,23,24);4-5H,1-3H3,(H,13,14). The molecule has 1 aliphatic rings. The van der Waals surface area contributed by atoms with Crippen LogP contribution in [-0.2, 0) is 0 Å². The number of H-pyrrole nitrogens is 2. The van der Waals surface area contributed by atoms with Gasteiger partial charge in [-0.3, -0.25) is 9.59 Å². The molecule has 0 spiro atoms. The number of anilines is 1. The second-order valence-corrected chi connectivity index (χ2v) is 13.8. The van der Waals surface area contributed by atoms with Crippen LogP contribution in [0.1, 0.15) is 75.1 Å². The van der Waals surface area contributed by atoms with E-state index in [2.05, 4.69) is 51.8 Å². The number of benzene rings is 1. The first-order valence-corrected chi connectivity index (χ1v) is 15.4. The Morgan fingerprint density at radius 1 is 0.841 bits per heavy atom. The Hall–Kier alpha value is -4.12. The molecular formula is C33H38BrN7O3. The summed E-state index contributed by atoms with van der Waals surface area (Å²) < 4.78 is 6.19. The highest BCUT2D eigenvalue weighted by atomic mass is 79.9. The summed E-state index contributed by atoms with van der Waals surface area (Å²) in [5.41, 5.74) is 5.59. The Balaban J connectivity index is 0.000000204. The molecule has 0 atom stereocenters. The number of hydrogen-bond donors (Lipinski definition) is 2. The Kier molecular flexibility index (Phi) is 8.62. The molecule has 5 aromatic rings. The van der Waals surface area contributed by atoms with Crippen molar-refractivity contribution in [2.75, 3.05) is 25.1 Å². The number of aromatic nitrogens is 6. The zero-order chi connectivity index (χ0) is 31.8. The second-order valence-electron chi connectivity index (χ2n) is 13.0. The van der Waals surface area contributed by atoms with Gasteiger partial charge in [0.25, 0.3) is 0 Å². The van der Waals surface area contributed by atoms with Gasteiger partial charge in [-0.2, -0.15) is 0 Å². The number of fused-ring (bicyclic) bond motifs is 2. The van der Waals surface area contributed by atoms with E-state index in [0.29, 0.717) is 38.1 Å². The number of ketones is 2. The smallest absolute Gasteiger partial charge is 0.171 e. The van der Waals surface area contributed by atoms with Crippen LogP contribution in [0.15, 0.2) is 47.6 Å². The van der Waals surface area contributed by atoms with E-state index in [-0.39, 0.29) is 11.6 Å². The van der Waals surface area contributed by atoms with Gasteiger partial charge in [0.2, 0.25) is 0 Å². The molecule has 230 valence electrons. The lowest BCUT2D eigenvalue weighted by atomic mass is 9.87. The average Bonchev–Trinajstić information content (AvgIpc) is 3.75. The molecule has 0 unspecified atom stereocenters. The molecule has 1 fully saturated rings. The van der Waals surface area contributed by atoms with Crippen molar-refractivity contribution in [3.63, 3.8) is 0 Å². The molecule has 0 bridgehead atoms. The molecule has 0 radical (unpaired) electrons. The van der Waals surface area contributed by atoms with Gasteiger partial charge in [-0.15, -0.1) is 0 Å². The Morgan fingerprint density at radius 3 is 1.93 bits per heavy atom. The van der Waals surface area contributed by atoms with E-state index in [1.165, 1.54) is 12.8 Å². The molecule has 0 amide bonds. The van der Waals surface area contributed by atoms with E-state index in [0.717, 1.165) is 35.8 Å². The number of carbonyl (C=O) groups excluding carboxylic acids is 2. The van der Waals surface area contributed by atoms with Crippen LogP contribution in [0, 0.1) is 10.8 Å². The monoisotopic (exact) mass is 659 g/mol. The summed E-state index contributed by atoms with van der Waals surface area (Å²) in [6, 6.07) is 6.08. The van der Waals surface area contributed by atoms with Crippen molar-refractivity contribution in [2.24, 2.45) is 10.8 Å².